The molecule has 9 nitrogen and oxygen atoms in total. The number of H-pyrrole nitrogens is 1. The minimum atomic E-state index is -0.457. The summed E-state index contributed by atoms with van der Waals surface area (Å²) in [6.45, 7) is 0. The van der Waals surface area contributed by atoms with Gasteiger partial charge < -0.3 is 4.42 Å². The third-order valence-corrected chi connectivity index (χ3v) is 5.04. The topological polar surface area (TPSA) is 124 Å². The van der Waals surface area contributed by atoms with Gasteiger partial charge in [-0.25, -0.2) is 4.98 Å². The van der Waals surface area contributed by atoms with Crippen LogP contribution in [0.1, 0.15) is 5.89 Å². The van der Waals surface area contributed by atoms with Gasteiger partial charge in [0, 0.05) is 17.7 Å². The monoisotopic (exact) mass is 386 g/mol. The van der Waals surface area contributed by atoms with Crippen LogP contribution in [0.5, 0.6) is 0 Å². The quantitative estimate of drug-likeness (QED) is 0.301. The number of thioether (sulfide) groups is 1. The molecule has 0 bridgehead atoms. The van der Waals surface area contributed by atoms with Gasteiger partial charge in [-0.15, -0.1) is 26.6 Å². The van der Waals surface area contributed by atoms with Crippen molar-refractivity contribution >= 4 is 28.8 Å². The highest BCUT2D eigenvalue weighted by Crippen LogP contribution is 2.26. The summed E-state index contributed by atoms with van der Waals surface area (Å²) < 4.78 is 5.59. The summed E-state index contributed by atoms with van der Waals surface area (Å²) in [6.07, 6.45) is 0. The maximum Gasteiger partial charge on any atom is 0.269 e. The molecule has 1 aromatic carbocycles. The number of aromatic amines is 1. The molecule has 0 saturated heterocycles. The number of thiophene rings is 1. The van der Waals surface area contributed by atoms with Crippen LogP contribution in [0, 0.1) is 10.1 Å². The van der Waals surface area contributed by atoms with Gasteiger partial charge in [0.25, 0.3) is 5.69 Å². The van der Waals surface area contributed by atoms with Gasteiger partial charge in [0.05, 0.1) is 15.6 Å². The Labute approximate surface area is 154 Å². The fourth-order valence-electron chi connectivity index (χ4n) is 2.12. The third-order valence-electron chi connectivity index (χ3n) is 3.34. The van der Waals surface area contributed by atoms with E-state index in [1.165, 1.54) is 23.9 Å². The standard InChI is InChI=1S/C15H10N6O3S2/c22-21(23)10-5-3-9(4-6-10)14-19-17-12(24-14)8-26-15-16-13(18-20-15)11-2-1-7-25-11/h1-7H,8H2,(H,16,18,20). The molecule has 0 atom stereocenters. The van der Waals surface area contributed by atoms with Crippen molar-refractivity contribution < 1.29 is 9.34 Å². The van der Waals surface area contributed by atoms with Crippen molar-refractivity contribution in [2.75, 3.05) is 0 Å². The number of hydrogen-bond acceptors (Lipinski definition) is 9. The zero-order valence-corrected chi connectivity index (χ0v) is 14.7. The number of benzene rings is 1. The highest BCUT2D eigenvalue weighted by Gasteiger charge is 2.13. The van der Waals surface area contributed by atoms with Crippen molar-refractivity contribution in [1.82, 2.24) is 25.4 Å². The zero-order chi connectivity index (χ0) is 17.9. The van der Waals surface area contributed by atoms with Gasteiger partial charge in [0.2, 0.25) is 16.9 Å². The number of nitrogens with one attached hydrogen (secondary N) is 1. The molecule has 26 heavy (non-hydrogen) atoms. The van der Waals surface area contributed by atoms with Crippen LogP contribution in [0.2, 0.25) is 0 Å². The Hall–Kier alpha value is -3.05. The van der Waals surface area contributed by atoms with E-state index in [9.17, 15) is 10.1 Å². The first-order valence-electron chi connectivity index (χ1n) is 7.35. The molecule has 0 aliphatic rings. The summed E-state index contributed by atoms with van der Waals surface area (Å²) >= 11 is 2.95. The molecule has 0 fully saturated rings. The summed E-state index contributed by atoms with van der Waals surface area (Å²) in [5.74, 6) is 1.87. The first-order chi connectivity index (χ1) is 12.7. The van der Waals surface area contributed by atoms with Crippen LogP contribution in [-0.4, -0.2) is 30.3 Å². The molecule has 1 N–H and O–H groups in total. The van der Waals surface area contributed by atoms with Crippen molar-refractivity contribution in [3.8, 4) is 22.2 Å². The van der Waals surface area contributed by atoms with Gasteiger partial charge >= 0.3 is 0 Å². The minimum absolute atomic E-state index is 0.00944. The van der Waals surface area contributed by atoms with Gasteiger partial charge in [-0.05, 0) is 23.6 Å². The molecule has 0 radical (unpaired) electrons. The molecule has 130 valence electrons. The lowest BCUT2D eigenvalue weighted by atomic mass is 10.2. The fraction of sp³-hybridized carbons (Fsp3) is 0.0667. The van der Waals surface area contributed by atoms with E-state index in [1.54, 1.807) is 23.5 Å². The Kier molecular flexibility index (Phi) is 4.46. The molecule has 3 heterocycles. The lowest BCUT2D eigenvalue weighted by Gasteiger charge is -1.94. The van der Waals surface area contributed by atoms with Gasteiger partial charge in [-0.2, -0.15) is 0 Å². The number of nitro groups is 1. The molecule has 0 amide bonds. The predicted octanol–water partition coefficient (Wildman–Crippen LogP) is 3.78. The summed E-state index contributed by atoms with van der Waals surface area (Å²) in [5.41, 5.74) is 0.632. The van der Waals surface area contributed by atoms with Crippen LogP contribution in [0.3, 0.4) is 0 Å². The van der Waals surface area contributed by atoms with Crippen molar-refractivity contribution in [1.29, 1.82) is 0 Å². The molecule has 4 aromatic rings. The number of non-ortho nitro benzene ring substituents is 1. The normalized spacial score (nSPS) is 10.9. The van der Waals surface area contributed by atoms with Crippen LogP contribution < -0.4 is 0 Å². The molecular formula is C15H10N6O3S2. The smallest absolute Gasteiger partial charge is 0.269 e. The maximum absolute atomic E-state index is 10.7. The largest absolute Gasteiger partial charge is 0.420 e. The van der Waals surface area contributed by atoms with E-state index in [4.69, 9.17) is 4.42 Å². The Morgan fingerprint density at radius 3 is 2.81 bits per heavy atom. The fourth-order valence-corrected chi connectivity index (χ4v) is 3.41. The van der Waals surface area contributed by atoms with Crippen molar-refractivity contribution in [3.63, 3.8) is 0 Å². The average molecular weight is 386 g/mol. The Bertz CT molecular complexity index is 1030. The van der Waals surface area contributed by atoms with E-state index in [0.29, 0.717) is 28.3 Å². The van der Waals surface area contributed by atoms with Gasteiger partial charge in [0.15, 0.2) is 5.82 Å². The Balaban J connectivity index is 1.41. The second-order valence-corrected chi connectivity index (χ2v) is 6.93. The van der Waals surface area contributed by atoms with Crippen molar-refractivity contribution in [2.45, 2.75) is 10.9 Å². The highest BCUT2D eigenvalue weighted by atomic mass is 32.2. The van der Waals surface area contributed by atoms with Crippen LogP contribution in [0.25, 0.3) is 22.2 Å². The van der Waals surface area contributed by atoms with E-state index in [0.717, 1.165) is 10.7 Å². The first-order valence-corrected chi connectivity index (χ1v) is 9.22. The van der Waals surface area contributed by atoms with Crippen LogP contribution in [-0.2, 0) is 5.75 Å². The van der Waals surface area contributed by atoms with E-state index in [2.05, 4.69) is 25.4 Å². The molecule has 11 heteroatoms. The SMILES string of the molecule is O=[N+]([O-])c1ccc(-c2nnc(CSc3n[nH]c(-c4cccs4)n3)o2)cc1. The summed E-state index contributed by atoms with van der Waals surface area (Å²) in [7, 11) is 0. The predicted molar refractivity (Wildman–Crippen MR) is 95.6 cm³/mol. The average Bonchev–Trinajstić information content (AvgIpc) is 3.40. The van der Waals surface area contributed by atoms with E-state index in [1.807, 2.05) is 17.5 Å². The highest BCUT2D eigenvalue weighted by molar-refractivity contribution is 7.98. The van der Waals surface area contributed by atoms with Crippen LogP contribution in [0.4, 0.5) is 5.69 Å². The van der Waals surface area contributed by atoms with E-state index in [-0.39, 0.29) is 5.69 Å². The number of rotatable bonds is 6. The Morgan fingerprint density at radius 2 is 2.08 bits per heavy atom. The van der Waals surface area contributed by atoms with Gasteiger partial charge in [-0.1, -0.05) is 17.8 Å². The van der Waals surface area contributed by atoms with Gasteiger partial charge in [-0.3, -0.25) is 15.2 Å². The Morgan fingerprint density at radius 1 is 1.23 bits per heavy atom. The number of nitro benzene ring substituents is 1. The van der Waals surface area contributed by atoms with Crippen LogP contribution in [0.15, 0.2) is 51.4 Å². The molecule has 3 aromatic heterocycles. The van der Waals surface area contributed by atoms with Crippen LogP contribution >= 0.6 is 23.1 Å². The number of hydrogen-bond donors (Lipinski definition) is 1. The molecule has 0 unspecified atom stereocenters. The lowest BCUT2D eigenvalue weighted by molar-refractivity contribution is -0.384. The maximum atomic E-state index is 10.7. The molecule has 4 rings (SSSR count). The number of aromatic nitrogens is 5. The van der Waals surface area contributed by atoms with Gasteiger partial charge in [0.1, 0.15) is 0 Å². The second kappa shape index (κ2) is 7.06. The van der Waals surface area contributed by atoms with Crippen molar-refractivity contribution in [3.05, 3.63) is 57.8 Å². The molecule has 0 spiro atoms. The summed E-state index contributed by atoms with van der Waals surface area (Å²) in [4.78, 5) is 15.7. The third kappa shape index (κ3) is 3.48. The molecule has 0 aliphatic carbocycles. The summed E-state index contributed by atoms with van der Waals surface area (Å²) in [5, 5.41) is 28.3. The number of nitrogens with zero attached hydrogens (tertiary/aromatic N) is 5. The lowest BCUT2D eigenvalue weighted by Crippen LogP contribution is -1.87. The molecule has 0 aliphatic heterocycles. The molecule has 0 saturated carbocycles. The first kappa shape index (κ1) is 16.4. The minimum Gasteiger partial charge on any atom is -0.420 e. The zero-order valence-electron chi connectivity index (χ0n) is 13.0. The molecular weight excluding hydrogens is 376 g/mol. The van der Waals surface area contributed by atoms with Crippen molar-refractivity contribution in [2.24, 2.45) is 0 Å². The van der Waals surface area contributed by atoms with E-state index < -0.39 is 4.92 Å². The second-order valence-electron chi connectivity index (χ2n) is 5.04. The van der Waals surface area contributed by atoms with E-state index >= 15 is 0 Å². The summed E-state index contributed by atoms with van der Waals surface area (Å²) in [6, 6.07) is 9.86.